The van der Waals surface area contributed by atoms with Crippen LogP contribution in [0.5, 0.6) is 0 Å². The highest BCUT2D eigenvalue weighted by molar-refractivity contribution is 5.75. The molecule has 0 radical (unpaired) electrons. The van der Waals surface area contributed by atoms with E-state index in [1.807, 2.05) is 0 Å². The summed E-state index contributed by atoms with van der Waals surface area (Å²) in [6.45, 7) is 4.44. The maximum Gasteiger partial charge on any atom is 0.416 e. The number of alkyl halides is 3. The molecule has 0 aliphatic heterocycles. The highest BCUT2D eigenvalue weighted by Gasteiger charge is 2.32. The number of carboxylic acid groups (broad SMARTS) is 1. The summed E-state index contributed by atoms with van der Waals surface area (Å²) < 4.78 is 37.9. The Bertz CT molecular complexity index is 442. The zero-order chi connectivity index (χ0) is 14.6. The van der Waals surface area contributed by atoms with Crippen LogP contribution in [0.1, 0.15) is 31.0 Å². The molecule has 0 saturated heterocycles. The second-order valence-corrected chi connectivity index (χ2v) is 4.09. The molecule has 0 heterocycles. The van der Waals surface area contributed by atoms with Crippen molar-refractivity contribution in [1.29, 1.82) is 0 Å². The number of aliphatic carboxylic acids is 1. The summed E-state index contributed by atoms with van der Waals surface area (Å²) in [5.41, 5.74) is -0.686. The third-order valence-corrected chi connectivity index (χ3v) is 2.94. The van der Waals surface area contributed by atoms with Crippen LogP contribution < -0.4 is 0 Å². The van der Waals surface area contributed by atoms with Gasteiger partial charge in [0, 0.05) is 0 Å². The summed E-state index contributed by atoms with van der Waals surface area (Å²) in [6.07, 6.45) is -4.47. The largest absolute Gasteiger partial charge is 0.480 e. The summed E-state index contributed by atoms with van der Waals surface area (Å²) in [5, 5.41) is 9.23. The summed E-state index contributed by atoms with van der Waals surface area (Å²) in [6, 6.07) is 3.42. The average Bonchev–Trinajstić information content (AvgIpc) is 2.34. The Morgan fingerprint density at radius 2 is 1.89 bits per heavy atom. The van der Waals surface area contributed by atoms with Crippen LogP contribution in [0.3, 0.4) is 0 Å². The minimum atomic E-state index is -4.47. The minimum Gasteiger partial charge on any atom is -0.480 e. The Morgan fingerprint density at radius 1 is 1.32 bits per heavy atom. The number of carboxylic acids is 1. The zero-order valence-corrected chi connectivity index (χ0v) is 10.7. The van der Waals surface area contributed by atoms with Crippen LogP contribution in [0.25, 0.3) is 0 Å². The molecule has 3 nitrogen and oxygen atoms in total. The van der Waals surface area contributed by atoms with E-state index in [9.17, 15) is 23.1 Å². The quantitative estimate of drug-likeness (QED) is 0.897. The van der Waals surface area contributed by atoms with Crippen LogP contribution >= 0.6 is 0 Å². The summed E-state index contributed by atoms with van der Waals surface area (Å²) in [4.78, 5) is 12.9. The number of rotatable bonds is 5. The normalized spacial score (nSPS) is 13.6. The predicted molar refractivity (Wildman–Crippen MR) is 64.7 cm³/mol. The van der Waals surface area contributed by atoms with Gasteiger partial charge < -0.3 is 5.11 Å². The lowest BCUT2D eigenvalue weighted by atomic mass is 10.0. The van der Waals surface area contributed by atoms with Gasteiger partial charge in [0.1, 0.15) is 6.04 Å². The Morgan fingerprint density at radius 3 is 2.32 bits per heavy atom. The van der Waals surface area contributed by atoms with Crippen LogP contribution in [0.2, 0.25) is 0 Å². The van der Waals surface area contributed by atoms with Crippen LogP contribution in [-0.2, 0) is 11.0 Å². The summed E-state index contributed by atoms with van der Waals surface area (Å²) >= 11 is 0. The van der Waals surface area contributed by atoms with Crippen molar-refractivity contribution in [3.8, 4) is 0 Å². The maximum atomic E-state index is 12.6. The monoisotopic (exact) mass is 275 g/mol. The van der Waals surface area contributed by atoms with E-state index in [2.05, 4.69) is 0 Å². The lowest BCUT2D eigenvalue weighted by molar-refractivity contribution is -0.144. The predicted octanol–water partition coefficient (Wildman–Crippen LogP) is 3.17. The van der Waals surface area contributed by atoms with Gasteiger partial charge in [-0.2, -0.15) is 13.2 Å². The van der Waals surface area contributed by atoms with Gasteiger partial charge in [0.05, 0.1) is 5.56 Å². The Hall–Kier alpha value is -1.56. The molecule has 106 valence electrons. The smallest absolute Gasteiger partial charge is 0.416 e. The molecule has 1 N–H and O–H groups in total. The molecule has 0 spiro atoms. The van der Waals surface area contributed by atoms with Gasteiger partial charge in [0.2, 0.25) is 0 Å². The fraction of sp³-hybridized carbons (Fsp3) is 0.462. The number of hydrogen-bond donors (Lipinski definition) is 1. The molecular formula is C13H16F3NO2. The van der Waals surface area contributed by atoms with Gasteiger partial charge in [-0.3, -0.25) is 9.69 Å². The van der Waals surface area contributed by atoms with Crippen molar-refractivity contribution in [2.24, 2.45) is 0 Å². The molecule has 0 aliphatic carbocycles. The van der Waals surface area contributed by atoms with E-state index in [4.69, 9.17) is 0 Å². The molecule has 1 atom stereocenters. The maximum absolute atomic E-state index is 12.6. The first-order chi connectivity index (χ1) is 8.81. The van der Waals surface area contributed by atoms with E-state index in [0.717, 1.165) is 12.1 Å². The van der Waals surface area contributed by atoms with E-state index >= 15 is 0 Å². The van der Waals surface area contributed by atoms with Gasteiger partial charge in [-0.1, -0.05) is 26.0 Å². The Labute approximate surface area is 109 Å². The van der Waals surface area contributed by atoms with E-state index in [1.165, 1.54) is 12.1 Å². The van der Waals surface area contributed by atoms with Crippen molar-refractivity contribution >= 4 is 5.97 Å². The molecular weight excluding hydrogens is 259 g/mol. The molecule has 6 heteroatoms. The van der Waals surface area contributed by atoms with Crippen molar-refractivity contribution in [3.05, 3.63) is 35.4 Å². The molecule has 0 aliphatic rings. The van der Waals surface area contributed by atoms with Crippen molar-refractivity contribution in [1.82, 2.24) is 4.90 Å². The second-order valence-electron chi connectivity index (χ2n) is 4.09. The van der Waals surface area contributed by atoms with Crippen LogP contribution in [0.15, 0.2) is 24.3 Å². The highest BCUT2D eigenvalue weighted by Crippen LogP contribution is 2.32. The third kappa shape index (κ3) is 3.70. The molecule has 1 rings (SSSR count). The minimum absolute atomic E-state index is 0.144. The summed E-state index contributed by atoms with van der Waals surface area (Å²) in [7, 11) is 0. The number of halogens is 3. The van der Waals surface area contributed by atoms with Crippen LogP contribution in [0, 0.1) is 0 Å². The average molecular weight is 275 g/mol. The third-order valence-electron chi connectivity index (χ3n) is 2.94. The van der Waals surface area contributed by atoms with Gasteiger partial charge in [0.25, 0.3) is 0 Å². The van der Waals surface area contributed by atoms with Crippen molar-refractivity contribution in [3.63, 3.8) is 0 Å². The Balaban J connectivity index is 3.21. The fourth-order valence-corrected chi connectivity index (χ4v) is 1.98. The molecule has 0 amide bonds. The lowest BCUT2D eigenvalue weighted by Gasteiger charge is -2.26. The number of likely N-dealkylation sites (N-methyl/N-ethyl adjacent to an activating group) is 1. The van der Waals surface area contributed by atoms with Gasteiger partial charge in [0.15, 0.2) is 0 Å². The highest BCUT2D eigenvalue weighted by atomic mass is 19.4. The van der Waals surface area contributed by atoms with Gasteiger partial charge in [-0.25, -0.2) is 0 Å². The van der Waals surface area contributed by atoms with Gasteiger partial charge in [-0.05, 0) is 30.8 Å². The van der Waals surface area contributed by atoms with E-state index in [-0.39, 0.29) is 5.56 Å². The van der Waals surface area contributed by atoms with E-state index in [1.54, 1.807) is 18.7 Å². The first-order valence-corrected chi connectivity index (χ1v) is 5.95. The number of nitrogens with zero attached hydrogens (tertiary/aromatic N) is 1. The first-order valence-electron chi connectivity index (χ1n) is 5.95. The fourth-order valence-electron chi connectivity index (χ4n) is 1.98. The molecule has 1 aromatic carbocycles. The second kappa shape index (κ2) is 6.06. The zero-order valence-electron chi connectivity index (χ0n) is 10.7. The van der Waals surface area contributed by atoms with Gasteiger partial charge in [-0.15, -0.1) is 0 Å². The lowest BCUT2D eigenvalue weighted by Crippen LogP contribution is -2.34. The van der Waals surface area contributed by atoms with Crippen LogP contribution in [-0.4, -0.2) is 29.1 Å². The van der Waals surface area contributed by atoms with E-state index in [0.29, 0.717) is 13.1 Å². The molecule has 0 fully saturated rings. The van der Waals surface area contributed by atoms with Crippen molar-refractivity contribution in [2.45, 2.75) is 26.1 Å². The molecule has 19 heavy (non-hydrogen) atoms. The van der Waals surface area contributed by atoms with Crippen molar-refractivity contribution in [2.75, 3.05) is 13.1 Å². The number of carbonyl (C=O) groups is 1. The standard InChI is InChI=1S/C13H16F3NO2/c1-3-17(4-2)11(12(18)19)9-6-5-7-10(8-9)13(14,15)16/h5-8,11H,3-4H2,1-2H3,(H,18,19)/t11-/m0/s1. The molecule has 0 unspecified atom stereocenters. The Kier molecular flexibility index (Phi) is 4.94. The SMILES string of the molecule is CCN(CC)[C@H](C(=O)O)c1cccc(C(F)(F)F)c1. The number of hydrogen-bond acceptors (Lipinski definition) is 2. The van der Waals surface area contributed by atoms with Crippen molar-refractivity contribution < 1.29 is 23.1 Å². The first kappa shape index (κ1) is 15.5. The van der Waals surface area contributed by atoms with Gasteiger partial charge >= 0.3 is 12.1 Å². The molecule has 0 saturated carbocycles. The summed E-state index contributed by atoms with van der Waals surface area (Å²) in [5.74, 6) is -1.15. The topological polar surface area (TPSA) is 40.5 Å². The molecule has 0 aromatic heterocycles. The van der Waals surface area contributed by atoms with Crippen LogP contribution in [0.4, 0.5) is 13.2 Å². The molecule has 1 aromatic rings. The number of benzene rings is 1. The molecule has 0 bridgehead atoms. The van der Waals surface area contributed by atoms with E-state index < -0.39 is 23.8 Å².